The molecule has 1 nitrogen and oxygen atoms in total. The van der Waals surface area contributed by atoms with Gasteiger partial charge in [0, 0.05) is 5.94 Å². The first-order chi connectivity index (χ1) is 5.06. The van der Waals surface area contributed by atoms with Crippen molar-refractivity contribution in [3.63, 3.8) is 0 Å². The molecule has 1 heteroatoms. The van der Waals surface area contributed by atoms with Gasteiger partial charge in [-0.15, -0.1) is 0 Å². The van der Waals surface area contributed by atoms with Crippen LogP contribution in [0.25, 0.3) is 0 Å². The molecule has 0 spiro atoms. The molecule has 0 saturated carbocycles. The molecule has 0 aliphatic rings. The van der Waals surface area contributed by atoms with Gasteiger partial charge in [0.1, 0.15) is 0 Å². The number of hydrogen-bond donors (Lipinski definition) is 1. The van der Waals surface area contributed by atoms with Gasteiger partial charge in [0.15, 0.2) is 0 Å². The Bertz CT molecular complexity index is 53.0. The molecule has 0 aromatic rings. The van der Waals surface area contributed by atoms with E-state index in [-0.39, 0.29) is 0 Å². The second kappa shape index (κ2) is 2.31. The topological polar surface area (TPSA) is 26.0 Å². The van der Waals surface area contributed by atoms with Gasteiger partial charge in [0.25, 0.3) is 0 Å². The standard InChI is InChI=1S/C6H15N.2H2/c1-6(2,3)4-5-7;;/h4-5,7H2,1-3H3;2*1H/i;2*1+1D. The summed E-state index contributed by atoms with van der Waals surface area (Å²) in [5.41, 5.74) is 5.74. The van der Waals surface area contributed by atoms with E-state index in [1.54, 1.807) is 0 Å². The summed E-state index contributed by atoms with van der Waals surface area (Å²) in [4.78, 5) is 0. The molecular formula is C6H19N. The lowest BCUT2D eigenvalue weighted by molar-refractivity contribution is 0.385. The van der Waals surface area contributed by atoms with Crippen molar-refractivity contribution >= 4 is 0 Å². The Kier molecular flexibility index (Phi) is 1.29. The normalized spacial score (nSPS) is 14.3. The maximum absolute atomic E-state index is 5.31. The van der Waals surface area contributed by atoms with E-state index in [1.807, 2.05) is 0 Å². The third-order valence-corrected chi connectivity index (χ3v) is 0.894. The van der Waals surface area contributed by atoms with E-state index in [9.17, 15) is 0 Å². The van der Waals surface area contributed by atoms with Crippen molar-refractivity contribution in [3.8, 4) is 0 Å². The molecular weight excluding hydrogens is 86.1 g/mol. The average molecular weight is 109 g/mol. The molecule has 0 aliphatic carbocycles. The predicted molar refractivity (Wildman–Crippen MR) is 37.4 cm³/mol. The summed E-state index contributed by atoms with van der Waals surface area (Å²) in [6.45, 7) is 7.39. The molecule has 2 N–H and O–H groups in total. The van der Waals surface area contributed by atoms with Crippen LogP contribution in [0.3, 0.4) is 0 Å². The van der Waals surface area contributed by atoms with Crippen molar-refractivity contribution in [2.24, 2.45) is 11.1 Å². The van der Waals surface area contributed by atoms with Gasteiger partial charge >= 0.3 is 0 Å². The molecule has 48 valence electrons. The molecule has 0 aliphatic heterocycles. The van der Waals surface area contributed by atoms with Gasteiger partial charge in [0.2, 0.25) is 0 Å². The molecule has 0 aromatic carbocycles. The van der Waals surface area contributed by atoms with E-state index in [4.69, 9.17) is 11.7 Å². The Hall–Kier alpha value is -0.0400. The van der Waals surface area contributed by atoms with Gasteiger partial charge in [0.05, 0.1) is 0 Å². The van der Waals surface area contributed by atoms with Gasteiger partial charge in [-0.1, -0.05) is 20.8 Å². The Morgan fingerprint density at radius 3 is 2.00 bits per heavy atom. The van der Waals surface area contributed by atoms with Crippen LogP contribution in [0.5, 0.6) is 0 Å². The minimum absolute atomic E-state index is 0.425. The van der Waals surface area contributed by atoms with Gasteiger partial charge in [-0.2, -0.15) is 0 Å². The second-order valence-electron chi connectivity index (χ2n) is 3.10. The quantitative estimate of drug-likeness (QED) is 0.546. The molecule has 0 unspecified atom stereocenters. The third-order valence-electron chi connectivity index (χ3n) is 0.894. The largest absolute Gasteiger partial charge is 0.330 e. The maximum Gasteiger partial charge on any atom is 0 e. The van der Waals surface area contributed by atoms with Gasteiger partial charge in [-0.3, -0.25) is 0 Å². The summed E-state index contributed by atoms with van der Waals surface area (Å²) in [6.07, 6.45) is 1.12. The fourth-order valence-corrected chi connectivity index (χ4v) is 0.433. The molecule has 0 radical (unpaired) electrons. The minimum Gasteiger partial charge on any atom is -0.330 e. The van der Waals surface area contributed by atoms with Crippen LogP contribution in [0.15, 0.2) is 0 Å². The fraction of sp³-hybridized carbons (Fsp3) is 1.00. The van der Waals surface area contributed by atoms with Crippen molar-refractivity contribution < 1.29 is 5.94 Å². The van der Waals surface area contributed by atoms with Crippen LogP contribution in [0.1, 0.15) is 33.1 Å². The van der Waals surface area contributed by atoms with E-state index >= 15 is 0 Å². The lowest BCUT2D eigenvalue weighted by Crippen LogP contribution is -2.12. The monoisotopic (exact) mass is 109 g/mol. The van der Waals surface area contributed by atoms with Crippen molar-refractivity contribution in [1.82, 2.24) is 0 Å². The third kappa shape index (κ3) is 5.96. The predicted octanol–water partition coefficient (Wildman–Crippen LogP) is 1.87. The van der Waals surface area contributed by atoms with Crippen LogP contribution in [0.2, 0.25) is 0 Å². The summed E-state index contributed by atoms with van der Waals surface area (Å²) in [5.74, 6) is 0. The maximum atomic E-state index is 5.31. The van der Waals surface area contributed by atoms with Crippen LogP contribution >= 0.6 is 0 Å². The lowest BCUT2D eigenvalue weighted by Gasteiger charge is -2.15. The molecule has 0 amide bonds. The first kappa shape index (κ1) is 3.90. The Morgan fingerprint density at radius 2 is 2.00 bits per heavy atom. The molecule has 0 rings (SSSR count). The highest BCUT2D eigenvalue weighted by atomic mass is 14.5. The van der Waals surface area contributed by atoms with E-state index < -0.39 is 0 Å². The Morgan fingerprint density at radius 1 is 1.57 bits per heavy atom. The van der Waals surface area contributed by atoms with Crippen molar-refractivity contribution in [3.05, 3.63) is 0 Å². The average Bonchev–Trinajstić information content (AvgIpc) is 1.94. The molecule has 0 fully saturated rings. The Labute approximate surface area is 52.1 Å². The molecule has 0 atom stereocenters. The number of hydrogen-bond acceptors (Lipinski definition) is 1. The second-order valence-corrected chi connectivity index (χ2v) is 3.10. The highest BCUT2D eigenvalue weighted by molar-refractivity contribution is 4.60. The fourth-order valence-electron chi connectivity index (χ4n) is 0.433. The number of nitrogens with two attached hydrogens (primary N) is 1. The van der Waals surface area contributed by atoms with Crippen LogP contribution in [0, 0.1) is 5.41 Å². The van der Waals surface area contributed by atoms with Gasteiger partial charge < -0.3 is 5.73 Å². The molecule has 0 aromatic heterocycles. The minimum atomic E-state index is 0.425. The van der Waals surface area contributed by atoms with Crippen LogP contribution in [-0.2, 0) is 0 Å². The van der Waals surface area contributed by atoms with Crippen molar-refractivity contribution in [1.29, 1.82) is 0 Å². The van der Waals surface area contributed by atoms with E-state index in [2.05, 4.69) is 20.8 Å². The van der Waals surface area contributed by atoms with Crippen LogP contribution in [0.4, 0.5) is 0 Å². The zero-order valence-electron chi connectivity index (χ0n) is 9.49. The van der Waals surface area contributed by atoms with Crippen LogP contribution < -0.4 is 5.73 Å². The summed E-state index contributed by atoms with van der Waals surface area (Å²) in [6, 6.07) is 0. The zero-order valence-corrected chi connectivity index (χ0v) is 5.49. The van der Waals surface area contributed by atoms with Gasteiger partial charge in [-0.25, -0.2) is 0 Å². The highest BCUT2D eigenvalue weighted by Crippen LogP contribution is 2.15. The zero-order chi connectivity index (χ0) is 9.91. The summed E-state index contributed by atoms with van der Waals surface area (Å²) >= 11 is 0. The summed E-state index contributed by atoms with van der Waals surface area (Å²) < 4.78 is 20.0. The smallest absolute Gasteiger partial charge is 0 e. The first-order valence-electron chi connectivity index (χ1n) is 4.76. The molecule has 0 heterocycles. The first-order valence-corrected chi connectivity index (χ1v) is 2.76. The number of rotatable bonds is 1. The van der Waals surface area contributed by atoms with Crippen LogP contribution in [-0.4, -0.2) is 6.54 Å². The van der Waals surface area contributed by atoms with E-state index in [0.717, 1.165) is 13.0 Å². The SMILES string of the molecule is CC(C)(C)CCN.[2H][2H].[2H][2H]. The highest BCUT2D eigenvalue weighted by Gasteiger charge is 2.06. The van der Waals surface area contributed by atoms with E-state index in [1.165, 1.54) is 0 Å². The molecule has 7 heavy (non-hydrogen) atoms. The van der Waals surface area contributed by atoms with Crippen molar-refractivity contribution in [2.45, 2.75) is 27.2 Å². The molecule has 0 saturated heterocycles. The lowest BCUT2D eigenvalue weighted by atomic mass is 9.93. The summed E-state index contributed by atoms with van der Waals surface area (Å²) in [5, 5.41) is 0. The van der Waals surface area contributed by atoms with Crippen molar-refractivity contribution in [2.75, 3.05) is 6.54 Å². The molecule has 0 bridgehead atoms. The Balaban J connectivity index is -0.000000138. The van der Waals surface area contributed by atoms with Gasteiger partial charge in [-0.05, 0) is 18.4 Å². The summed E-state index contributed by atoms with van der Waals surface area (Å²) in [7, 11) is 0. The van der Waals surface area contributed by atoms with E-state index in [0.29, 0.717) is 5.41 Å².